The summed E-state index contributed by atoms with van der Waals surface area (Å²) in [4.78, 5) is 14.3. The van der Waals surface area contributed by atoms with Crippen molar-refractivity contribution in [3.8, 4) is 6.07 Å². The first-order valence-corrected chi connectivity index (χ1v) is 8.19. The number of carbonyl (C=O) groups is 1. The lowest BCUT2D eigenvalue weighted by Crippen LogP contribution is -2.34. The van der Waals surface area contributed by atoms with Crippen molar-refractivity contribution < 1.29 is 4.79 Å². The van der Waals surface area contributed by atoms with E-state index < -0.39 is 0 Å². The fourth-order valence-corrected chi connectivity index (χ4v) is 3.04. The molecule has 118 valence electrons. The Morgan fingerprint density at radius 3 is 2.59 bits per heavy atom. The van der Waals surface area contributed by atoms with Crippen LogP contribution in [0.1, 0.15) is 50.5 Å². The Morgan fingerprint density at radius 1 is 1.27 bits per heavy atom. The highest BCUT2D eigenvalue weighted by molar-refractivity contribution is 5.90. The third-order valence-electron chi connectivity index (χ3n) is 4.41. The van der Waals surface area contributed by atoms with Crippen LogP contribution in [0.5, 0.6) is 0 Å². The molecule has 0 radical (unpaired) electrons. The Bertz CT molecular complexity index is 512. The van der Waals surface area contributed by atoms with Gasteiger partial charge in [-0.15, -0.1) is 0 Å². The number of nitriles is 1. The largest absolute Gasteiger partial charge is 0.326 e. The van der Waals surface area contributed by atoms with Crippen LogP contribution >= 0.6 is 0 Å². The van der Waals surface area contributed by atoms with Gasteiger partial charge in [-0.05, 0) is 57.1 Å². The van der Waals surface area contributed by atoms with Crippen molar-refractivity contribution in [1.82, 2.24) is 4.90 Å². The van der Waals surface area contributed by atoms with E-state index in [-0.39, 0.29) is 5.91 Å². The molecule has 1 aromatic rings. The van der Waals surface area contributed by atoms with E-state index in [9.17, 15) is 4.79 Å². The minimum Gasteiger partial charge on any atom is -0.326 e. The van der Waals surface area contributed by atoms with Gasteiger partial charge in [0, 0.05) is 18.2 Å². The van der Waals surface area contributed by atoms with Crippen molar-refractivity contribution in [3.05, 3.63) is 29.8 Å². The lowest BCUT2D eigenvalue weighted by molar-refractivity contribution is -0.116. The van der Waals surface area contributed by atoms with E-state index >= 15 is 0 Å². The van der Waals surface area contributed by atoms with Crippen LogP contribution in [0.2, 0.25) is 0 Å². The second kappa shape index (κ2) is 8.55. The zero-order valence-electron chi connectivity index (χ0n) is 13.3. The lowest BCUT2D eigenvalue weighted by atomic mass is 9.94. The van der Waals surface area contributed by atoms with Crippen molar-refractivity contribution in [2.24, 2.45) is 0 Å². The second-order valence-corrected chi connectivity index (χ2v) is 6.11. The summed E-state index contributed by atoms with van der Waals surface area (Å²) in [6.07, 6.45) is 8.08. The van der Waals surface area contributed by atoms with Gasteiger partial charge >= 0.3 is 0 Å². The van der Waals surface area contributed by atoms with E-state index in [1.54, 1.807) is 24.3 Å². The first-order chi connectivity index (χ1) is 10.7. The van der Waals surface area contributed by atoms with Gasteiger partial charge in [-0.2, -0.15) is 5.26 Å². The summed E-state index contributed by atoms with van der Waals surface area (Å²) in [5, 5.41) is 11.6. The number of nitrogens with one attached hydrogen (secondary N) is 1. The molecule has 1 fully saturated rings. The monoisotopic (exact) mass is 299 g/mol. The average Bonchev–Trinajstić information content (AvgIpc) is 2.56. The maximum absolute atomic E-state index is 11.9. The van der Waals surface area contributed by atoms with Crippen LogP contribution in [0.25, 0.3) is 0 Å². The number of hydrogen-bond donors (Lipinski definition) is 1. The topological polar surface area (TPSA) is 56.1 Å². The summed E-state index contributed by atoms with van der Waals surface area (Å²) in [7, 11) is 2.18. The highest BCUT2D eigenvalue weighted by Gasteiger charge is 2.17. The van der Waals surface area contributed by atoms with Gasteiger partial charge in [0.15, 0.2) is 0 Å². The molecule has 4 heteroatoms. The quantitative estimate of drug-likeness (QED) is 0.874. The molecule has 22 heavy (non-hydrogen) atoms. The molecule has 2 rings (SSSR count). The van der Waals surface area contributed by atoms with Crippen molar-refractivity contribution in [2.75, 3.05) is 18.9 Å². The number of carbonyl (C=O) groups excluding carboxylic acids is 1. The Balaban J connectivity index is 1.67. The summed E-state index contributed by atoms with van der Waals surface area (Å²) in [5.74, 6) is 0.0433. The molecular formula is C18H25N3O. The molecule has 0 saturated heterocycles. The maximum Gasteiger partial charge on any atom is 0.224 e. The number of hydrogen-bond acceptors (Lipinski definition) is 3. The normalized spacial score (nSPS) is 15.5. The molecule has 0 spiro atoms. The predicted molar refractivity (Wildman–Crippen MR) is 88.5 cm³/mol. The molecule has 1 aliphatic carbocycles. The van der Waals surface area contributed by atoms with Crippen LogP contribution in [0.4, 0.5) is 5.69 Å². The van der Waals surface area contributed by atoms with Gasteiger partial charge in [0.25, 0.3) is 0 Å². The molecule has 0 aromatic heterocycles. The minimum absolute atomic E-state index is 0.0433. The van der Waals surface area contributed by atoms with E-state index in [1.165, 1.54) is 32.1 Å². The lowest BCUT2D eigenvalue weighted by Gasteiger charge is -2.31. The molecule has 0 heterocycles. The fourth-order valence-electron chi connectivity index (χ4n) is 3.04. The minimum atomic E-state index is 0.0433. The van der Waals surface area contributed by atoms with Gasteiger partial charge in [0.05, 0.1) is 11.6 Å². The van der Waals surface area contributed by atoms with Crippen LogP contribution in [0, 0.1) is 11.3 Å². The number of nitrogens with zero attached hydrogens (tertiary/aromatic N) is 2. The molecule has 0 bridgehead atoms. The van der Waals surface area contributed by atoms with Crippen LogP contribution in [-0.2, 0) is 4.79 Å². The molecule has 1 amide bonds. The number of anilines is 1. The summed E-state index contributed by atoms with van der Waals surface area (Å²) in [5.41, 5.74) is 1.36. The molecule has 0 aliphatic heterocycles. The number of benzene rings is 1. The van der Waals surface area contributed by atoms with E-state index in [0.717, 1.165) is 18.7 Å². The van der Waals surface area contributed by atoms with Gasteiger partial charge in [-0.25, -0.2) is 0 Å². The highest BCUT2D eigenvalue weighted by atomic mass is 16.1. The van der Waals surface area contributed by atoms with Crippen LogP contribution in [0.15, 0.2) is 24.3 Å². The molecule has 1 aromatic carbocycles. The predicted octanol–water partition coefficient (Wildman–Crippen LogP) is 3.54. The first kappa shape index (κ1) is 16.5. The first-order valence-electron chi connectivity index (χ1n) is 8.19. The van der Waals surface area contributed by atoms with E-state index in [0.29, 0.717) is 18.0 Å². The third-order valence-corrected chi connectivity index (χ3v) is 4.41. The van der Waals surface area contributed by atoms with Gasteiger partial charge in [0.2, 0.25) is 5.91 Å². The number of amides is 1. The molecule has 1 N–H and O–H groups in total. The zero-order valence-corrected chi connectivity index (χ0v) is 13.3. The zero-order chi connectivity index (χ0) is 15.8. The number of rotatable bonds is 6. The summed E-state index contributed by atoms with van der Waals surface area (Å²) < 4.78 is 0. The summed E-state index contributed by atoms with van der Waals surface area (Å²) >= 11 is 0. The average molecular weight is 299 g/mol. The molecule has 0 atom stereocenters. The van der Waals surface area contributed by atoms with E-state index in [2.05, 4.69) is 23.3 Å². The second-order valence-electron chi connectivity index (χ2n) is 6.11. The van der Waals surface area contributed by atoms with E-state index in [1.807, 2.05) is 0 Å². The van der Waals surface area contributed by atoms with E-state index in [4.69, 9.17) is 5.26 Å². The molecule has 1 aliphatic rings. The Labute approximate surface area is 133 Å². The van der Waals surface area contributed by atoms with Crippen molar-refractivity contribution in [2.45, 2.75) is 51.0 Å². The molecular weight excluding hydrogens is 274 g/mol. The van der Waals surface area contributed by atoms with Gasteiger partial charge in [-0.3, -0.25) is 4.79 Å². The van der Waals surface area contributed by atoms with Gasteiger partial charge < -0.3 is 10.2 Å². The smallest absolute Gasteiger partial charge is 0.224 e. The summed E-state index contributed by atoms with van der Waals surface area (Å²) in [6.45, 7) is 0.978. The Hall–Kier alpha value is -1.86. The molecule has 0 unspecified atom stereocenters. The van der Waals surface area contributed by atoms with Crippen LogP contribution in [-0.4, -0.2) is 30.4 Å². The van der Waals surface area contributed by atoms with Crippen molar-refractivity contribution in [3.63, 3.8) is 0 Å². The Kier molecular flexibility index (Phi) is 6.42. The van der Waals surface area contributed by atoms with Gasteiger partial charge in [-0.1, -0.05) is 19.3 Å². The molecule has 4 nitrogen and oxygen atoms in total. The molecule has 1 saturated carbocycles. The van der Waals surface area contributed by atoms with Crippen LogP contribution in [0.3, 0.4) is 0 Å². The maximum atomic E-state index is 11.9. The highest BCUT2D eigenvalue weighted by Crippen LogP contribution is 2.21. The summed E-state index contributed by atoms with van der Waals surface area (Å²) in [6, 6.07) is 9.74. The third kappa shape index (κ3) is 5.16. The van der Waals surface area contributed by atoms with Crippen LogP contribution < -0.4 is 5.32 Å². The van der Waals surface area contributed by atoms with Crippen molar-refractivity contribution in [1.29, 1.82) is 5.26 Å². The van der Waals surface area contributed by atoms with Gasteiger partial charge in [0.1, 0.15) is 0 Å². The Morgan fingerprint density at radius 2 is 1.95 bits per heavy atom. The van der Waals surface area contributed by atoms with Crippen molar-refractivity contribution >= 4 is 11.6 Å². The fraction of sp³-hybridized carbons (Fsp3) is 0.556. The standard InChI is InChI=1S/C18H25N3O/c1-21(17-6-3-2-4-7-17)13-5-8-18(22)20-16-11-9-15(14-19)10-12-16/h9-12,17H,2-8,13H2,1H3,(H,20,22). The SMILES string of the molecule is CN(CCCC(=O)Nc1ccc(C#N)cc1)C1CCCCC1.